The van der Waals surface area contributed by atoms with Gasteiger partial charge in [-0.25, -0.2) is 4.98 Å². The van der Waals surface area contributed by atoms with E-state index in [-0.39, 0.29) is 0 Å². The van der Waals surface area contributed by atoms with Gasteiger partial charge in [-0.15, -0.1) is 0 Å². The van der Waals surface area contributed by atoms with Crippen LogP contribution in [0.4, 0.5) is 5.82 Å². The number of fused-ring (bicyclic) bond motifs is 1. The fourth-order valence-corrected chi connectivity index (χ4v) is 3.61. The zero-order valence-corrected chi connectivity index (χ0v) is 12.0. The van der Waals surface area contributed by atoms with Gasteiger partial charge in [0.2, 0.25) is 0 Å². The summed E-state index contributed by atoms with van der Waals surface area (Å²) >= 11 is 0. The Bertz CT molecular complexity index is 456. The van der Waals surface area contributed by atoms with Gasteiger partial charge in [0.05, 0.1) is 0 Å². The maximum Gasteiger partial charge on any atom is 0.133 e. The molecule has 0 bridgehead atoms. The zero-order chi connectivity index (χ0) is 13.2. The molecule has 1 aliphatic heterocycles. The first-order valence-electron chi connectivity index (χ1n) is 7.82. The molecular weight excluding hydrogens is 234 g/mol. The highest BCUT2D eigenvalue weighted by Crippen LogP contribution is 2.31. The van der Waals surface area contributed by atoms with Crippen LogP contribution >= 0.6 is 0 Å². The van der Waals surface area contributed by atoms with Crippen molar-refractivity contribution in [1.29, 1.82) is 0 Å². The Kier molecular flexibility index (Phi) is 3.74. The lowest BCUT2D eigenvalue weighted by Gasteiger charge is -2.37. The van der Waals surface area contributed by atoms with Crippen molar-refractivity contribution in [3.8, 4) is 0 Å². The van der Waals surface area contributed by atoms with Gasteiger partial charge in [0.15, 0.2) is 0 Å². The van der Waals surface area contributed by atoms with Crippen molar-refractivity contribution >= 4 is 5.82 Å². The molecule has 1 unspecified atom stereocenters. The lowest BCUT2D eigenvalue weighted by atomic mass is 9.99. The predicted octanol–water partition coefficient (Wildman–Crippen LogP) is 2.80. The molecule has 2 heterocycles. The van der Waals surface area contributed by atoms with Crippen molar-refractivity contribution in [3.05, 3.63) is 22.9 Å². The first kappa shape index (κ1) is 12.9. The van der Waals surface area contributed by atoms with E-state index in [1.807, 2.05) is 0 Å². The van der Waals surface area contributed by atoms with Gasteiger partial charge in [-0.05, 0) is 56.6 Å². The molecule has 1 aromatic heterocycles. The maximum atomic E-state index is 5.97. The lowest BCUT2D eigenvalue weighted by Crippen LogP contribution is -2.40. The van der Waals surface area contributed by atoms with Crippen molar-refractivity contribution in [2.75, 3.05) is 11.4 Å². The summed E-state index contributed by atoms with van der Waals surface area (Å²) in [5.74, 6) is 1.19. The largest absolute Gasteiger partial charge is 0.353 e. The number of hydrogen-bond donors (Lipinski definition) is 1. The van der Waals surface area contributed by atoms with Gasteiger partial charge in [-0.1, -0.05) is 6.92 Å². The summed E-state index contributed by atoms with van der Waals surface area (Å²) in [6, 6.07) is 2.98. The van der Waals surface area contributed by atoms with E-state index >= 15 is 0 Å². The topological polar surface area (TPSA) is 42.2 Å². The Labute approximate surface area is 116 Å². The minimum atomic E-state index is 0.614. The van der Waals surface area contributed by atoms with Gasteiger partial charge >= 0.3 is 0 Å². The second-order valence-corrected chi connectivity index (χ2v) is 5.89. The van der Waals surface area contributed by atoms with Crippen LogP contribution in [-0.2, 0) is 19.4 Å². The van der Waals surface area contributed by atoms with Crippen LogP contribution in [-0.4, -0.2) is 17.6 Å². The van der Waals surface area contributed by atoms with Crippen molar-refractivity contribution in [1.82, 2.24) is 4.98 Å². The van der Waals surface area contributed by atoms with E-state index in [0.29, 0.717) is 12.6 Å². The number of pyridine rings is 1. The molecule has 0 spiro atoms. The molecule has 0 aromatic carbocycles. The van der Waals surface area contributed by atoms with Crippen molar-refractivity contribution < 1.29 is 0 Å². The summed E-state index contributed by atoms with van der Waals surface area (Å²) in [5, 5.41) is 0. The highest BCUT2D eigenvalue weighted by Gasteiger charge is 2.25. The molecule has 2 N–H and O–H groups in total. The van der Waals surface area contributed by atoms with Gasteiger partial charge in [0.25, 0.3) is 0 Å². The number of piperidine rings is 1. The minimum Gasteiger partial charge on any atom is -0.353 e. The standard InChI is InChI=1S/C16H25N3/c1-2-14-7-3-4-9-19(14)16-13(11-17)10-12-6-5-8-15(12)18-16/h10,14H,2-9,11,17H2,1H3. The van der Waals surface area contributed by atoms with E-state index in [9.17, 15) is 0 Å². The minimum absolute atomic E-state index is 0.614. The summed E-state index contributed by atoms with van der Waals surface area (Å²) in [6.07, 6.45) is 8.76. The molecule has 104 valence electrons. The average molecular weight is 259 g/mol. The van der Waals surface area contributed by atoms with E-state index in [1.54, 1.807) is 0 Å². The van der Waals surface area contributed by atoms with Crippen LogP contribution < -0.4 is 10.6 Å². The first-order valence-corrected chi connectivity index (χ1v) is 7.82. The quantitative estimate of drug-likeness (QED) is 0.907. The SMILES string of the molecule is CCC1CCCCN1c1nc2c(cc1CN)CCC2. The Morgan fingerprint density at radius 1 is 1.32 bits per heavy atom. The second kappa shape index (κ2) is 5.49. The van der Waals surface area contributed by atoms with Gasteiger partial charge in [0.1, 0.15) is 5.82 Å². The zero-order valence-electron chi connectivity index (χ0n) is 12.0. The molecule has 1 aliphatic carbocycles. The number of hydrogen-bond acceptors (Lipinski definition) is 3. The summed E-state index contributed by atoms with van der Waals surface area (Å²) < 4.78 is 0. The van der Waals surface area contributed by atoms with Crippen LogP contribution in [0.1, 0.15) is 55.8 Å². The number of aromatic nitrogens is 1. The molecule has 1 saturated heterocycles. The Balaban J connectivity index is 1.98. The molecule has 1 fully saturated rings. The van der Waals surface area contributed by atoms with Crippen LogP contribution in [0.2, 0.25) is 0 Å². The molecule has 2 aliphatic rings. The highest BCUT2D eigenvalue weighted by molar-refractivity contribution is 5.52. The van der Waals surface area contributed by atoms with Crippen LogP contribution in [0.15, 0.2) is 6.07 Å². The van der Waals surface area contributed by atoms with Crippen LogP contribution in [0, 0.1) is 0 Å². The smallest absolute Gasteiger partial charge is 0.133 e. The monoisotopic (exact) mass is 259 g/mol. The van der Waals surface area contributed by atoms with Gasteiger partial charge in [0, 0.05) is 30.4 Å². The normalized spacial score (nSPS) is 22.6. The fraction of sp³-hybridized carbons (Fsp3) is 0.688. The fourth-order valence-electron chi connectivity index (χ4n) is 3.61. The number of nitrogens with zero attached hydrogens (tertiary/aromatic N) is 2. The van der Waals surface area contributed by atoms with E-state index < -0.39 is 0 Å². The van der Waals surface area contributed by atoms with Crippen LogP contribution in [0.5, 0.6) is 0 Å². The van der Waals surface area contributed by atoms with Gasteiger partial charge in [-0.3, -0.25) is 0 Å². The third-order valence-corrected chi connectivity index (χ3v) is 4.70. The second-order valence-electron chi connectivity index (χ2n) is 5.89. The van der Waals surface area contributed by atoms with Crippen molar-refractivity contribution in [2.45, 2.75) is 64.5 Å². The molecule has 0 radical (unpaired) electrons. The Morgan fingerprint density at radius 3 is 3.00 bits per heavy atom. The summed E-state index contributed by atoms with van der Waals surface area (Å²) in [7, 11) is 0. The summed E-state index contributed by atoms with van der Waals surface area (Å²) in [6.45, 7) is 4.05. The van der Waals surface area contributed by atoms with Gasteiger partial charge < -0.3 is 10.6 Å². The number of aryl methyl sites for hydroxylation is 2. The molecule has 1 aromatic rings. The van der Waals surface area contributed by atoms with Crippen molar-refractivity contribution in [2.24, 2.45) is 5.73 Å². The summed E-state index contributed by atoms with van der Waals surface area (Å²) in [4.78, 5) is 7.52. The Hall–Kier alpha value is -1.09. The van der Waals surface area contributed by atoms with E-state index in [1.165, 1.54) is 61.2 Å². The highest BCUT2D eigenvalue weighted by atomic mass is 15.2. The average Bonchev–Trinajstić information content (AvgIpc) is 2.93. The van der Waals surface area contributed by atoms with E-state index in [4.69, 9.17) is 10.7 Å². The first-order chi connectivity index (χ1) is 9.33. The molecule has 3 nitrogen and oxygen atoms in total. The molecule has 3 rings (SSSR count). The van der Waals surface area contributed by atoms with Crippen LogP contribution in [0.3, 0.4) is 0 Å². The molecular formula is C16H25N3. The summed E-state index contributed by atoms with van der Waals surface area (Å²) in [5.41, 5.74) is 9.99. The molecule has 1 atom stereocenters. The number of rotatable bonds is 3. The maximum absolute atomic E-state index is 5.97. The van der Waals surface area contributed by atoms with E-state index in [2.05, 4.69) is 17.9 Å². The third kappa shape index (κ3) is 2.36. The third-order valence-electron chi connectivity index (χ3n) is 4.70. The van der Waals surface area contributed by atoms with Crippen molar-refractivity contribution in [3.63, 3.8) is 0 Å². The predicted molar refractivity (Wildman–Crippen MR) is 79.4 cm³/mol. The lowest BCUT2D eigenvalue weighted by molar-refractivity contribution is 0.445. The molecule has 0 saturated carbocycles. The van der Waals surface area contributed by atoms with E-state index in [0.717, 1.165) is 13.0 Å². The number of anilines is 1. The van der Waals surface area contributed by atoms with Gasteiger partial charge in [-0.2, -0.15) is 0 Å². The molecule has 3 heteroatoms. The Morgan fingerprint density at radius 2 is 2.21 bits per heavy atom. The van der Waals surface area contributed by atoms with Crippen LogP contribution in [0.25, 0.3) is 0 Å². The number of nitrogens with two attached hydrogens (primary N) is 1. The molecule has 19 heavy (non-hydrogen) atoms. The molecule has 0 amide bonds.